The number of sulfonamides is 2. The fourth-order valence-electron chi connectivity index (χ4n) is 10.7. The number of carbonyl (C=O) groups excluding carboxylic acids is 2. The Morgan fingerprint density at radius 1 is 0.568 bits per heavy atom. The number of aliphatic hydroxyl groups excluding tert-OH is 1. The summed E-state index contributed by atoms with van der Waals surface area (Å²) in [4.78, 5) is 41.5. The van der Waals surface area contributed by atoms with Crippen LogP contribution in [0.3, 0.4) is 0 Å². The first-order valence-corrected chi connectivity index (χ1v) is 34.6. The summed E-state index contributed by atoms with van der Waals surface area (Å²) in [5.41, 5.74) is 5.01. The normalized spacial score (nSPS) is 18.4. The number of nitrogens with zero attached hydrogens (tertiary/aromatic N) is 8. The first-order chi connectivity index (χ1) is 37.9. The second-order valence-corrected chi connectivity index (χ2v) is 34.0. The zero-order valence-corrected chi connectivity index (χ0v) is 52.4. The van der Waals surface area contributed by atoms with E-state index < -0.39 is 63.4 Å². The summed E-state index contributed by atoms with van der Waals surface area (Å²) < 4.78 is 64.6. The molecular formula is C62H86N8O8S2Si. The maximum absolute atomic E-state index is 14.0. The van der Waals surface area contributed by atoms with Crippen LogP contribution in [0.5, 0.6) is 0 Å². The molecule has 438 valence electrons. The monoisotopic (exact) mass is 1160 g/mol. The SMILES string of the molecule is CC(C)(C)[C@H](c1nc(-c2ccccc2)cn1Cc1ccccc1)N1C[C@@H](CO)N(S(C)(=O)=O)CCC1=O.CC(C)(C)[C@H](c1nc(-c2ccccc2)cn1Cc1ccccc1)N1C[C@@H](CO[Si](C)(C)C(C)(C)C)N(S(C)(=O)=O)CCC1=O. The second kappa shape index (κ2) is 25.4. The molecule has 0 saturated carbocycles. The van der Waals surface area contributed by atoms with Crippen molar-refractivity contribution in [2.24, 2.45) is 10.8 Å². The van der Waals surface area contributed by atoms with Crippen LogP contribution in [-0.2, 0) is 47.2 Å². The quantitative estimate of drug-likeness (QED) is 0.0917. The molecule has 0 unspecified atom stereocenters. The van der Waals surface area contributed by atoms with Crippen molar-refractivity contribution in [2.45, 2.75) is 131 Å². The summed E-state index contributed by atoms with van der Waals surface area (Å²) in [6.07, 6.45) is 6.58. The number of amides is 2. The molecule has 1 N–H and O–H groups in total. The minimum atomic E-state index is -3.59. The first kappa shape index (κ1) is 62.8. The highest BCUT2D eigenvalue weighted by atomic mass is 32.2. The van der Waals surface area contributed by atoms with Crippen LogP contribution < -0.4 is 0 Å². The van der Waals surface area contributed by atoms with E-state index in [0.29, 0.717) is 13.1 Å². The van der Waals surface area contributed by atoms with Gasteiger partial charge in [0.2, 0.25) is 31.9 Å². The lowest BCUT2D eigenvalue weighted by Gasteiger charge is -2.42. The van der Waals surface area contributed by atoms with E-state index in [1.165, 1.54) is 14.9 Å². The summed E-state index contributed by atoms with van der Waals surface area (Å²) in [5.74, 6) is 1.28. The Hall–Kier alpha value is -5.80. The van der Waals surface area contributed by atoms with Crippen LogP contribution in [0.1, 0.15) is 110 Å². The summed E-state index contributed by atoms with van der Waals surface area (Å²) >= 11 is 0. The van der Waals surface area contributed by atoms with Gasteiger partial charge in [-0.1, -0.05) is 184 Å². The molecule has 2 aliphatic heterocycles. The summed E-state index contributed by atoms with van der Waals surface area (Å²) in [6, 6.07) is 38.2. The molecule has 0 radical (unpaired) electrons. The van der Waals surface area contributed by atoms with Crippen LogP contribution in [0.25, 0.3) is 22.5 Å². The van der Waals surface area contributed by atoms with E-state index in [2.05, 4.69) is 115 Å². The number of rotatable bonds is 16. The predicted octanol–water partition coefficient (Wildman–Crippen LogP) is 10.1. The van der Waals surface area contributed by atoms with E-state index in [1.807, 2.05) is 108 Å². The number of hydrogen-bond acceptors (Lipinski definition) is 10. The Kier molecular flexibility index (Phi) is 19.7. The molecule has 4 atom stereocenters. The Morgan fingerprint density at radius 3 is 1.25 bits per heavy atom. The van der Waals surface area contributed by atoms with Crippen molar-refractivity contribution in [3.05, 3.63) is 156 Å². The first-order valence-electron chi connectivity index (χ1n) is 28.0. The van der Waals surface area contributed by atoms with Crippen LogP contribution in [0.15, 0.2) is 134 Å². The lowest BCUT2D eigenvalue weighted by molar-refractivity contribution is -0.136. The number of aromatic nitrogens is 4. The third-order valence-electron chi connectivity index (χ3n) is 15.8. The lowest BCUT2D eigenvalue weighted by atomic mass is 9.84. The molecule has 2 saturated heterocycles. The summed E-state index contributed by atoms with van der Waals surface area (Å²) in [6.45, 7) is 24.9. The lowest BCUT2D eigenvalue weighted by Crippen LogP contribution is -2.52. The van der Waals surface area contributed by atoms with Gasteiger partial charge in [-0.05, 0) is 40.1 Å². The number of benzene rings is 4. The molecule has 19 heteroatoms. The molecular weight excluding hydrogens is 1080 g/mol. The van der Waals surface area contributed by atoms with Crippen molar-refractivity contribution >= 4 is 40.2 Å². The number of aliphatic hydroxyl groups is 1. The standard InChI is InChI=1S/C34H50N4O4SSi.C28H36N4O4S/c1-33(2,3)31(32-35-29(27-18-14-11-15-19-27)24-36(32)22-26-16-12-10-13-17-26)37-23-28(25-42-44(8,9)34(4,5)6)38(43(7,40)41)21-20-30(37)39;1-28(2,3)26(31-18-23(20-33)32(37(4,35)36)16-15-25(31)34)27-29-24(22-13-9-6-10-14-22)19-30(27)17-21-11-7-5-8-12-21/h10-19,24,28,31H,20-23,25H2,1-9H3;5-14,19,23,26,33H,15-18,20H2,1-4H3/t28-,31-;23-,26-/m00/s1. The molecule has 81 heavy (non-hydrogen) atoms. The largest absolute Gasteiger partial charge is 0.415 e. The van der Waals surface area contributed by atoms with Crippen molar-refractivity contribution < 1.29 is 36.0 Å². The van der Waals surface area contributed by atoms with Crippen molar-refractivity contribution in [2.75, 3.05) is 51.9 Å². The third kappa shape index (κ3) is 15.7. The third-order valence-corrected chi connectivity index (χ3v) is 22.9. The van der Waals surface area contributed by atoms with Crippen LogP contribution in [0, 0.1) is 10.8 Å². The van der Waals surface area contributed by atoms with Gasteiger partial charge in [0.05, 0.1) is 61.3 Å². The van der Waals surface area contributed by atoms with E-state index in [1.54, 1.807) is 4.90 Å². The molecule has 0 spiro atoms. The average molecular weight is 1160 g/mol. The van der Waals surface area contributed by atoms with Gasteiger partial charge < -0.3 is 28.5 Å². The molecule has 2 amide bonds. The predicted molar refractivity (Wildman–Crippen MR) is 324 cm³/mol. The fourth-order valence-corrected chi connectivity index (χ4v) is 13.9. The van der Waals surface area contributed by atoms with Crippen LogP contribution >= 0.6 is 0 Å². The van der Waals surface area contributed by atoms with Crippen molar-refractivity contribution in [1.82, 2.24) is 37.5 Å². The van der Waals surface area contributed by atoms with Crippen molar-refractivity contribution in [3.63, 3.8) is 0 Å². The van der Waals surface area contributed by atoms with Gasteiger partial charge in [-0.3, -0.25) is 9.59 Å². The Bertz CT molecular complexity index is 3280. The zero-order valence-electron chi connectivity index (χ0n) is 49.8. The van der Waals surface area contributed by atoms with E-state index in [9.17, 15) is 31.5 Å². The zero-order chi connectivity index (χ0) is 59.3. The Morgan fingerprint density at radius 2 is 0.914 bits per heavy atom. The van der Waals surface area contributed by atoms with Gasteiger partial charge in [-0.2, -0.15) is 8.61 Å². The number of carbonyl (C=O) groups is 2. The van der Waals surface area contributed by atoms with E-state index in [4.69, 9.17) is 14.4 Å². The second-order valence-electron chi connectivity index (χ2n) is 25.4. The van der Waals surface area contributed by atoms with Gasteiger partial charge >= 0.3 is 0 Å². The molecule has 4 heterocycles. The van der Waals surface area contributed by atoms with Gasteiger partial charge in [0.25, 0.3) is 0 Å². The molecule has 0 aliphatic carbocycles. The minimum Gasteiger partial charge on any atom is -0.415 e. The van der Waals surface area contributed by atoms with E-state index in [0.717, 1.165) is 51.5 Å². The molecule has 8 rings (SSSR count). The summed E-state index contributed by atoms with van der Waals surface area (Å²) in [7, 11) is -9.36. The van der Waals surface area contributed by atoms with Gasteiger partial charge in [0.1, 0.15) is 11.6 Å². The fraction of sp³-hybridized carbons (Fsp3) is 0.484. The average Bonchev–Trinajstić information content (AvgIpc) is 4.17. The van der Waals surface area contributed by atoms with Crippen molar-refractivity contribution in [3.8, 4) is 22.5 Å². The van der Waals surface area contributed by atoms with Gasteiger partial charge in [-0.15, -0.1) is 0 Å². The highest BCUT2D eigenvalue weighted by molar-refractivity contribution is 7.88. The Balaban J connectivity index is 0.000000237. The van der Waals surface area contributed by atoms with Gasteiger partial charge in [0, 0.05) is 75.6 Å². The highest BCUT2D eigenvalue weighted by Crippen LogP contribution is 2.43. The number of hydrogen-bond donors (Lipinski definition) is 1. The minimum absolute atomic E-state index is 0.0346. The molecule has 2 fully saturated rings. The van der Waals surface area contributed by atoms with Crippen LogP contribution in [-0.4, -0.2) is 144 Å². The van der Waals surface area contributed by atoms with Gasteiger partial charge in [-0.25, -0.2) is 26.8 Å². The van der Waals surface area contributed by atoms with Gasteiger partial charge in [0.15, 0.2) is 8.32 Å². The maximum Gasteiger partial charge on any atom is 0.224 e. The van der Waals surface area contributed by atoms with E-state index in [-0.39, 0.29) is 69.1 Å². The molecule has 4 aromatic carbocycles. The topological polar surface area (TPSA) is 180 Å². The summed E-state index contributed by atoms with van der Waals surface area (Å²) in [5, 5.41) is 10.1. The van der Waals surface area contributed by atoms with Crippen LogP contribution in [0.2, 0.25) is 18.1 Å². The van der Waals surface area contributed by atoms with E-state index >= 15 is 0 Å². The molecule has 0 bridgehead atoms. The Labute approximate surface area is 483 Å². The van der Waals surface area contributed by atoms with Crippen LogP contribution in [0.4, 0.5) is 0 Å². The number of imidazole rings is 2. The molecule has 2 aromatic heterocycles. The molecule has 16 nitrogen and oxygen atoms in total. The molecule has 6 aromatic rings. The van der Waals surface area contributed by atoms with Crippen molar-refractivity contribution in [1.29, 1.82) is 0 Å². The smallest absolute Gasteiger partial charge is 0.224 e. The maximum atomic E-state index is 14.0. The highest BCUT2D eigenvalue weighted by Gasteiger charge is 2.46. The molecule has 2 aliphatic rings.